The lowest BCUT2D eigenvalue weighted by atomic mass is 9.86. The molecule has 184 valence electrons. The van der Waals surface area contributed by atoms with Crippen LogP contribution in [0.15, 0.2) is 15.7 Å². The summed E-state index contributed by atoms with van der Waals surface area (Å²) in [6.45, 7) is 8.12. The second kappa shape index (κ2) is 7.98. The molecule has 3 aliphatic rings. The van der Waals surface area contributed by atoms with Crippen molar-refractivity contribution in [3.8, 4) is 0 Å². The van der Waals surface area contributed by atoms with E-state index < -0.39 is 28.8 Å². The number of amides is 1. The van der Waals surface area contributed by atoms with Crippen LogP contribution in [0.5, 0.6) is 0 Å². The molecule has 0 radical (unpaired) electrons. The van der Waals surface area contributed by atoms with Crippen molar-refractivity contribution in [2.24, 2.45) is 5.41 Å². The molecule has 1 spiro atoms. The molecular formula is C23H29ClFN5O4. The third-order valence-electron chi connectivity index (χ3n) is 6.84. The van der Waals surface area contributed by atoms with Gasteiger partial charge in [0.15, 0.2) is 0 Å². The Labute approximate surface area is 200 Å². The van der Waals surface area contributed by atoms with E-state index in [0.29, 0.717) is 17.8 Å². The molecule has 1 aromatic heterocycles. The van der Waals surface area contributed by atoms with Crippen LogP contribution in [0.25, 0.3) is 10.9 Å². The average molecular weight is 494 g/mol. The van der Waals surface area contributed by atoms with Crippen LogP contribution in [-0.2, 0) is 4.74 Å². The van der Waals surface area contributed by atoms with Gasteiger partial charge in [-0.05, 0) is 59.1 Å². The number of hydrogen-bond acceptors (Lipinski definition) is 6. The molecule has 2 N–H and O–H groups in total. The number of benzene rings is 1. The standard InChI is InChI=1S/C23H29ClFN5O4/c1-22(2,3)34-20(32)27-30-19(31)14-10-15(25)18(28-9-7-23(12-28)6-8-26-11-23)16(24)17(14)29(21(30)33)13-4-5-13/h10,13,26H,4-9,11-12H2,1-3H3,(H,27,32). The van der Waals surface area contributed by atoms with E-state index in [9.17, 15) is 14.4 Å². The Morgan fingerprint density at radius 2 is 2.03 bits per heavy atom. The number of nitrogens with zero attached hydrogens (tertiary/aromatic N) is 3. The average Bonchev–Trinajstić information content (AvgIpc) is 3.33. The van der Waals surface area contributed by atoms with Crippen LogP contribution < -0.4 is 26.9 Å². The summed E-state index contributed by atoms with van der Waals surface area (Å²) in [4.78, 5) is 40.8. The Hall–Kier alpha value is -2.59. The molecule has 2 aliphatic heterocycles. The minimum atomic E-state index is -0.955. The molecule has 3 fully saturated rings. The summed E-state index contributed by atoms with van der Waals surface area (Å²) in [5.74, 6) is -0.623. The minimum absolute atomic E-state index is 0.0588. The maximum atomic E-state index is 15.5. The van der Waals surface area contributed by atoms with E-state index in [1.807, 2.05) is 4.90 Å². The highest BCUT2D eigenvalue weighted by Gasteiger charge is 2.42. The Morgan fingerprint density at radius 1 is 1.29 bits per heavy atom. The monoisotopic (exact) mass is 493 g/mol. The number of ether oxygens (including phenoxy) is 1. The molecular weight excluding hydrogens is 465 g/mol. The third-order valence-corrected chi connectivity index (χ3v) is 7.20. The first-order valence-corrected chi connectivity index (χ1v) is 12.0. The van der Waals surface area contributed by atoms with Gasteiger partial charge in [-0.15, -0.1) is 0 Å². The van der Waals surface area contributed by atoms with Crippen molar-refractivity contribution < 1.29 is 13.9 Å². The first-order valence-electron chi connectivity index (χ1n) is 11.6. The summed E-state index contributed by atoms with van der Waals surface area (Å²) >= 11 is 6.77. The molecule has 1 amide bonds. The van der Waals surface area contributed by atoms with Crippen LogP contribution in [0, 0.1) is 11.2 Å². The molecule has 9 nitrogen and oxygen atoms in total. The quantitative estimate of drug-likeness (QED) is 0.682. The second-order valence-electron chi connectivity index (χ2n) is 10.7. The van der Waals surface area contributed by atoms with Gasteiger partial charge < -0.3 is 15.0 Å². The van der Waals surface area contributed by atoms with Gasteiger partial charge in [0.25, 0.3) is 5.56 Å². The smallest absolute Gasteiger partial charge is 0.427 e. The van der Waals surface area contributed by atoms with E-state index in [4.69, 9.17) is 16.3 Å². The molecule has 0 bridgehead atoms. The zero-order chi connectivity index (χ0) is 24.4. The number of fused-ring (bicyclic) bond motifs is 1. The molecule has 5 rings (SSSR count). The lowest BCUT2D eigenvalue weighted by Gasteiger charge is -2.26. The van der Waals surface area contributed by atoms with Crippen LogP contribution in [0.4, 0.5) is 14.9 Å². The summed E-state index contributed by atoms with van der Waals surface area (Å²) in [5.41, 5.74) is 0.327. The van der Waals surface area contributed by atoms with Crippen molar-refractivity contribution >= 4 is 34.3 Å². The summed E-state index contributed by atoms with van der Waals surface area (Å²) in [6, 6.07) is 0.949. The Balaban J connectivity index is 1.63. The van der Waals surface area contributed by atoms with Crippen LogP contribution in [0.3, 0.4) is 0 Å². The summed E-state index contributed by atoms with van der Waals surface area (Å²) < 4.78 is 22.6. The van der Waals surface area contributed by atoms with E-state index in [0.717, 1.165) is 44.8 Å². The zero-order valence-corrected chi connectivity index (χ0v) is 20.3. The van der Waals surface area contributed by atoms with E-state index in [1.165, 1.54) is 4.57 Å². The van der Waals surface area contributed by atoms with Crippen LogP contribution in [0.1, 0.15) is 52.5 Å². The molecule has 1 aliphatic carbocycles. The van der Waals surface area contributed by atoms with Crippen molar-refractivity contribution in [1.29, 1.82) is 0 Å². The van der Waals surface area contributed by atoms with Crippen LogP contribution >= 0.6 is 11.6 Å². The molecule has 1 saturated carbocycles. The van der Waals surface area contributed by atoms with Crippen LogP contribution in [0.2, 0.25) is 5.02 Å². The highest BCUT2D eigenvalue weighted by atomic mass is 35.5. The van der Waals surface area contributed by atoms with E-state index in [-0.39, 0.29) is 33.1 Å². The molecule has 34 heavy (non-hydrogen) atoms. The topological polar surface area (TPSA) is 97.6 Å². The fourth-order valence-electron chi connectivity index (χ4n) is 5.13. The fraction of sp³-hybridized carbons (Fsp3) is 0.609. The molecule has 2 aromatic rings. The Bertz CT molecular complexity index is 1290. The van der Waals surface area contributed by atoms with Crippen molar-refractivity contribution in [3.63, 3.8) is 0 Å². The second-order valence-corrected chi connectivity index (χ2v) is 11.0. The van der Waals surface area contributed by atoms with E-state index >= 15 is 4.39 Å². The number of hydrogen-bond donors (Lipinski definition) is 2. The molecule has 2 saturated heterocycles. The van der Waals surface area contributed by atoms with Crippen molar-refractivity contribution in [2.45, 2.75) is 58.1 Å². The number of aromatic nitrogens is 2. The summed E-state index contributed by atoms with van der Waals surface area (Å²) in [6.07, 6.45) is 2.43. The zero-order valence-electron chi connectivity index (χ0n) is 19.5. The van der Waals surface area contributed by atoms with E-state index in [2.05, 4.69) is 10.7 Å². The van der Waals surface area contributed by atoms with Crippen molar-refractivity contribution in [2.75, 3.05) is 36.5 Å². The normalized spacial score (nSPS) is 22.7. The number of halogens is 2. The van der Waals surface area contributed by atoms with Gasteiger partial charge in [0.1, 0.15) is 11.4 Å². The molecule has 11 heteroatoms. The Kier molecular flexibility index (Phi) is 5.44. The number of carbonyl (C=O) groups excluding carboxylic acids is 1. The van der Waals surface area contributed by atoms with Crippen molar-refractivity contribution in [3.05, 3.63) is 37.7 Å². The molecule has 1 unspecified atom stereocenters. The minimum Gasteiger partial charge on any atom is -0.443 e. The van der Waals surface area contributed by atoms with E-state index in [1.54, 1.807) is 20.8 Å². The highest BCUT2D eigenvalue weighted by molar-refractivity contribution is 6.38. The summed E-state index contributed by atoms with van der Waals surface area (Å²) in [5, 5.41) is 3.38. The number of anilines is 1. The lowest BCUT2D eigenvalue weighted by molar-refractivity contribution is 0.0610. The molecule has 3 heterocycles. The van der Waals surface area contributed by atoms with Crippen molar-refractivity contribution in [1.82, 2.24) is 14.6 Å². The van der Waals surface area contributed by atoms with Crippen LogP contribution in [-0.4, -0.2) is 47.1 Å². The largest absolute Gasteiger partial charge is 0.443 e. The maximum absolute atomic E-state index is 15.5. The predicted molar refractivity (Wildman–Crippen MR) is 128 cm³/mol. The van der Waals surface area contributed by atoms with Gasteiger partial charge in [-0.25, -0.2) is 19.4 Å². The third kappa shape index (κ3) is 3.96. The van der Waals surface area contributed by atoms with Gasteiger partial charge in [0.2, 0.25) is 0 Å². The van der Waals surface area contributed by atoms with Gasteiger partial charge in [-0.2, -0.15) is 4.68 Å². The summed E-state index contributed by atoms with van der Waals surface area (Å²) in [7, 11) is 0. The molecule has 1 atom stereocenters. The van der Waals surface area contributed by atoms with Gasteiger partial charge in [0.05, 0.1) is 21.6 Å². The number of nitrogens with one attached hydrogen (secondary N) is 2. The first kappa shape index (κ1) is 23.2. The van der Waals surface area contributed by atoms with Gasteiger partial charge in [-0.1, -0.05) is 11.6 Å². The van der Waals surface area contributed by atoms with Gasteiger partial charge >= 0.3 is 11.8 Å². The fourth-order valence-corrected chi connectivity index (χ4v) is 5.53. The number of rotatable bonds is 3. The Morgan fingerprint density at radius 3 is 2.65 bits per heavy atom. The lowest BCUT2D eigenvalue weighted by Crippen LogP contribution is -2.48. The highest BCUT2D eigenvalue weighted by Crippen LogP contribution is 2.44. The SMILES string of the molecule is CC(C)(C)OC(=O)Nn1c(=O)c2cc(F)c(N3CCC4(CCNC4)C3)c(Cl)c2n(C2CC2)c1=O. The first-order chi connectivity index (χ1) is 16.0. The maximum Gasteiger partial charge on any atom is 0.427 e. The molecule has 1 aromatic carbocycles. The number of carbonyl (C=O) groups is 1. The predicted octanol–water partition coefficient (Wildman–Crippen LogP) is 2.96. The van der Waals surface area contributed by atoms with Gasteiger partial charge in [-0.3, -0.25) is 9.36 Å². The van der Waals surface area contributed by atoms with Gasteiger partial charge in [0, 0.05) is 31.1 Å².